The Morgan fingerprint density at radius 3 is 0.960 bits per heavy atom. The number of rotatable bonds is 15. The lowest BCUT2D eigenvalue weighted by Gasteiger charge is -2.30. The van der Waals surface area contributed by atoms with Crippen molar-refractivity contribution in [3.05, 3.63) is 561 Å². The Bertz CT molecular complexity index is 9280. The number of pyridine rings is 3. The van der Waals surface area contributed by atoms with E-state index in [0.29, 0.717) is 17.5 Å². The van der Waals surface area contributed by atoms with Gasteiger partial charge in [-0.05, 0) is 264 Å². The Morgan fingerprint density at radius 2 is 0.483 bits per heavy atom. The third-order valence-corrected chi connectivity index (χ3v) is 30.3. The fraction of sp³-hybridized carbons (Fsp3) is 0.0500. The van der Waals surface area contributed by atoms with Crippen LogP contribution in [0, 0.1) is 0 Å². The molecule has 9 heteroatoms. The summed E-state index contributed by atoms with van der Waals surface area (Å²) in [4.78, 5) is 43.9. The first-order valence-electron chi connectivity index (χ1n) is 50.9. The molecule has 6 aromatic heterocycles. The largest absolute Gasteiger partial charge is 0.265 e. The molecule has 0 unspecified atom stereocenters. The van der Waals surface area contributed by atoms with Crippen LogP contribution in [0.15, 0.2) is 516 Å². The summed E-state index contributed by atoms with van der Waals surface area (Å²) < 4.78 is 0. The first-order valence-corrected chi connectivity index (χ1v) is 50.9. The van der Waals surface area contributed by atoms with Crippen LogP contribution in [0.3, 0.4) is 0 Å². The van der Waals surface area contributed by atoms with Crippen LogP contribution < -0.4 is 0 Å². The van der Waals surface area contributed by atoms with E-state index in [1.54, 1.807) is 12.4 Å². The van der Waals surface area contributed by atoms with Gasteiger partial charge in [0.05, 0.1) is 39.6 Å². The number of hydrogen-bond donors (Lipinski definition) is 0. The summed E-state index contributed by atoms with van der Waals surface area (Å²) >= 11 is 0. The van der Waals surface area contributed by atoms with E-state index in [4.69, 9.17) is 29.9 Å². The van der Waals surface area contributed by atoms with Gasteiger partial charge in [0.15, 0.2) is 17.5 Å². The van der Waals surface area contributed by atoms with Crippen molar-refractivity contribution in [3.63, 3.8) is 0 Å². The smallest absolute Gasteiger partial charge is 0.160 e. The molecule has 24 aromatic rings. The third kappa shape index (κ3) is 16.2. The summed E-state index contributed by atoms with van der Waals surface area (Å²) in [7, 11) is 0. The van der Waals surface area contributed by atoms with Crippen LogP contribution in [0.2, 0.25) is 0 Å². The van der Waals surface area contributed by atoms with E-state index in [-0.39, 0.29) is 16.2 Å². The van der Waals surface area contributed by atoms with E-state index in [1.807, 2.05) is 79.4 Å². The molecule has 0 fully saturated rings. The summed E-state index contributed by atoms with van der Waals surface area (Å²) in [5, 5.41) is 2.62. The molecule has 1 spiro atoms. The van der Waals surface area contributed by atoms with Crippen LogP contribution in [-0.4, -0.2) is 44.9 Å². The molecular weight excluding hydrogens is 1810 g/mol. The highest BCUT2D eigenvalue weighted by Gasteiger charge is 2.52. The minimum Gasteiger partial charge on any atom is -0.265 e. The Hall–Kier alpha value is -19.1. The van der Waals surface area contributed by atoms with Gasteiger partial charge in [0.25, 0.3) is 0 Å². The van der Waals surface area contributed by atoms with E-state index in [2.05, 4.69) is 467 Å². The van der Waals surface area contributed by atoms with Gasteiger partial charge in [0.1, 0.15) is 0 Å². The van der Waals surface area contributed by atoms with E-state index >= 15 is 0 Å². The molecule has 28 rings (SSSR count). The molecule has 0 N–H and O–H groups in total. The molecule has 0 saturated carbocycles. The van der Waals surface area contributed by atoms with Crippen LogP contribution >= 0.6 is 0 Å². The summed E-state index contributed by atoms with van der Waals surface area (Å²) in [6.45, 7) is 9.36. The summed E-state index contributed by atoms with van der Waals surface area (Å²) in [6.07, 6.45) is 10.9. The Labute approximate surface area is 867 Å². The minimum absolute atomic E-state index is 0.0476. The fourth-order valence-corrected chi connectivity index (χ4v) is 23.3. The van der Waals surface area contributed by atoms with Crippen molar-refractivity contribution in [1.29, 1.82) is 0 Å². The lowest BCUT2D eigenvalue weighted by atomic mass is 9.70. The van der Waals surface area contributed by atoms with E-state index < -0.39 is 0 Å². The molecule has 9 nitrogen and oxygen atoms in total. The van der Waals surface area contributed by atoms with Gasteiger partial charge >= 0.3 is 0 Å². The maximum atomic E-state index is 5.26. The zero-order valence-electron chi connectivity index (χ0n) is 82.6. The molecule has 0 saturated heterocycles. The van der Waals surface area contributed by atoms with Crippen LogP contribution in [-0.2, 0) is 16.2 Å². The molecule has 0 radical (unpaired) electrons. The maximum Gasteiger partial charge on any atom is 0.160 e. The zero-order chi connectivity index (χ0) is 99.7. The van der Waals surface area contributed by atoms with Gasteiger partial charge in [-0.2, -0.15) is 0 Å². The van der Waals surface area contributed by atoms with Crippen molar-refractivity contribution in [1.82, 2.24) is 44.9 Å². The van der Waals surface area contributed by atoms with Crippen molar-refractivity contribution in [3.8, 4) is 213 Å². The van der Waals surface area contributed by atoms with Crippen LogP contribution in [0.5, 0.6) is 0 Å². The van der Waals surface area contributed by atoms with Crippen molar-refractivity contribution in [2.24, 2.45) is 0 Å². The standard InChI is InChI=1S/C52H33N3.C46H33N3.C42H31N3/c1-2-13-34(14-3-1)36-15-10-18-39(31-36)51-54-48(35-27-29-53-30-28-35)33-49(55-51)38-17-11-16-37(32-38)40-22-12-26-47-50(40)43-21-6-9-25-46(43)52(47)44-23-7-4-19-41(44)42-20-5-8-24-45(42)52;1-46(2)41-23-21-34(27-40(41)39-22-20-31-13-6-7-19-38(31)44(39)46)33-15-8-16-35(25-33)42-28-43(37-18-10-24-47-29-37)49-45(48-42)36-17-9-14-32(26-36)30-11-4-3-5-12-30;1-42(2)36-21-7-6-19-35(36)40-34(20-10-22-37(40)42)30-15-9-16-31(25-30)38-26-39(33-18-11-23-43-27-33)45-41(44-38)32-17-8-14-29(24-32)28-12-4-3-5-13-28/h1-33H;3-29H,1-2H3;3-27H,1-2H3. The van der Waals surface area contributed by atoms with E-state index in [0.717, 1.165) is 129 Å². The predicted molar refractivity (Wildman–Crippen MR) is 610 cm³/mol. The van der Waals surface area contributed by atoms with Gasteiger partial charge in [-0.3, -0.25) is 15.0 Å². The van der Waals surface area contributed by atoms with Crippen LogP contribution in [0.25, 0.3) is 224 Å². The lowest BCUT2D eigenvalue weighted by Crippen LogP contribution is -2.25. The topological polar surface area (TPSA) is 116 Å². The zero-order valence-corrected chi connectivity index (χ0v) is 82.6. The fourth-order valence-electron chi connectivity index (χ4n) is 23.3. The monoisotopic (exact) mass is 1900 g/mol. The number of fused-ring (bicyclic) bond motifs is 18. The molecule has 18 aromatic carbocycles. The quantitative estimate of drug-likeness (QED) is 0.0989. The molecular formula is C140H97N9. The second-order valence-corrected chi connectivity index (χ2v) is 39.8. The van der Waals surface area contributed by atoms with Gasteiger partial charge in [-0.1, -0.05) is 410 Å². The molecule has 6 heterocycles. The van der Waals surface area contributed by atoms with Crippen molar-refractivity contribution < 1.29 is 0 Å². The lowest BCUT2D eigenvalue weighted by molar-refractivity contribution is 0.660. The number of aromatic nitrogens is 9. The van der Waals surface area contributed by atoms with Gasteiger partial charge in [-0.15, -0.1) is 0 Å². The van der Waals surface area contributed by atoms with Gasteiger partial charge in [0, 0.05) is 98.1 Å². The minimum atomic E-state index is -0.387. The first kappa shape index (κ1) is 90.0. The molecule has 0 amide bonds. The number of nitrogens with zero attached hydrogens (tertiary/aromatic N) is 9. The second kappa shape index (κ2) is 37.6. The average molecular weight is 1910 g/mol. The Morgan fingerprint density at radius 1 is 0.161 bits per heavy atom. The molecule has 0 atom stereocenters. The SMILES string of the molecule is CC1(C)c2ccc(-c3cccc(-c4cc(-c5cccnc5)nc(-c5cccc(-c6ccccc6)c5)n4)c3)cc2-c2ccc3ccccc3c21.CC1(C)c2ccccc2-c2c(-c3cccc(-c4cc(-c5cccnc5)nc(-c5cccc(-c6ccccc6)c5)n4)c3)cccc21.c1ccc(-c2cccc(-c3nc(-c4ccncc4)cc(-c4cccc(-c5cccc6c5-c5ccccc5C65c6ccccc6-c6ccccc65)c4)n3)c2)cc1. The molecule has 0 bridgehead atoms. The molecule has 4 aliphatic carbocycles. The highest BCUT2D eigenvalue weighted by Crippen LogP contribution is 2.65. The predicted octanol–water partition coefficient (Wildman–Crippen LogP) is 34.7. The van der Waals surface area contributed by atoms with Crippen LogP contribution in [0.4, 0.5) is 0 Å². The second-order valence-electron chi connectivity index (χ2n) is 39.8. The van der Waals surface area contributed by atoms with E-state index in [9.17, 15) is 0 Å². The molecule has 4 aliphatic rings. The number of hydrogen-bond acceptors (Lipinski definition) is 9. The Balaban J connectivity index is 0.000000114. The summed E-state index contributed by atoms with van der Waals surface area (Å²) in [5.74, 6) is 2.05. The highest BCUT2D eigenvalue weighted by molar-refractivity contribution is 6.03. The summed E-state index contributed by atoms with van der Waals surface area (Å²) in [6, 6.07) is 171. The summed E-state index contributed by atoms with van der Waals surface area (Å²) in [5.41, 5.74) is 49.0. The van der Waals surface area contributed by atoms with Gasteiger partial charge in [0.2, 0.25) is 0 Å². The third-order valence-electron chi connectivity index (χ3n) is 30.3. The molecule has 0 aliphatic heterocycles. The van der Waals surface area contributed by atoms with Crippen LogP contribution in [0.1, 0.15) is 72.2 Å². The van der Waals surface area contributed by atoms with Crippen molar-refractivity contribution in [2.75, 3.05) is 0 Å². The highest BCUT2D eigenvalue weighted by atomic mass is 14.9. The normalized spacial score (nSPS) is 12.9. The van der Waals surface area contributed by atoms with Gasteiger partial charge < -0.3 is 0 Å². The maximum absolute atomic E-state index is 5.26. The van der Waals surface area contributed by atoms with E-state index in [1.165, 1.54) is 122 Å². The molecule has 149 heavy (non-hydrogen) atoms. The first-order chi connectivity index (χ1) is 73.4. The van der Waals surface area contributed by atoms with Crippen molar-refractivity contribution in [2.45, 2.75) is 43.9 Å². The average Bonchev–Trinajstić information content (AvgIpc) is 1.50. The molecule has 702 valence electrons. The van der Waals surface area contributed by atoms with Crippen molar-refractivity contribution >= 4 is 10.8 Å². The van der Waals surface area contributed by atoms with Gasteiger partial charge in [-0.25, -0.2) is 29.9 Å². The Kier molecular flexibility index (Phi) is 22.7. The number of benzene rings is 18.